The largest absolute Gasteiger partial charge is 0.471 e. The van der Waals surface area contributed by atoms with E-state index in [1.807, 2.05) is 59.1 Å². The molecule has 1 fully saturated rings. The van der Waals surface area contributed by atoms with Crippen molar-refractivity contribution >= 4 is 51.1 Å². The molecule has 1 aliphatic heterocycles. The number of likely N-dealkylation sites (tertiary alicyclic amines) is 1. The first-order valence-corrected chi connectivity index (χ1v) is 16.7. The fourth-order valence-corrected chi connectivity index (χ4v) is 6.14. The number of ether oxygens (including phenoxy) is 1. The number of ketones is 1. The molecule has 0 bridgehead atoms. The molecule has 3 aromatic rings. The van der Waals surface area contributed by atoms with Crippen LogP contribution in [0.1, 0.15) is 67.7 Å². The van der Waals surface area contributed by atoms with Gasteiger partial charge in [-0.2, -0.15) is 4.98 Å². The molecule has 1 saturated heterocycles. The monoisotopic (exact) mass is 680 g/mol. The topological polar surface area (TPSA) is 199 Å². The number of hydrogen-bond donors (Lipinski definition) is 4. The molecule has 15 heteroatoms. The third-order valence-electron chi connectivity index (χ3n) is 7.62. The van der Waals surface area contributed by atoms with E-state index in [0.29, 0.717) is 28.2 Å². The molecule has 48 heavy (non-hydrogen) atoms. The van der Waals surface area contributed by atoms with Crippen molar-refractivity contribution in [2.75, 3.05) is 6.54 Å². The van der Waals surface area contributed by atoms with Gasteiger partial charge in [-0.05, 0) is 56.2 Å². The summed E-state index contributed by atoms with van der Waals surface area (Å²) in [5.74, 6) is -2.62. The number of pyridine rings is 1. The summed E-state index contributed by atoms with van der Waals surface area (Å²) in [6.45, 7) is 12.7. The highest BCUT2D eigenvalue weighted by atomic mass is 32.1. The minimum atomic E-state index is -1.16. The number of carbonyl (C=O) groups excluding carboxylic acids is 5. The highest BCUT2D eigenvalue weighted by Gasteiger charge is 2.46. The van der Waals surface area contributed by atoms with Gasteiger partial charge in [-0.15, -0.1) is 11.3 Å². The highest BCUT2D eigenvalue weighted by Crippen LogP contribution is 2.34. The normalized spacial score (nSPS) is 17.8. The van der Waals surface area contributed by atoms with Gasteiger partial charge in [0.1, 0.15) is 28.6 Å². The maximum Gasteiger partial charge on any atom is 0.315 e. The molecule has 0 spiro atoms. The quantitative estimate of drug-likeness (QED) is 0.220. The van der Waals surface area contributed by atoms with E-state index >= 15 is 0 Å². The average molecular weight is 681 g/mol. The third kappa shape index (κ3) is 8.82. The number of amides is 5. The highest BCUT2D eigenvalue weighted by molar-refractivity contribution is 7.17. The molecule has 4 atom stereocenters. The van der Waals surface area contributed by atoms with Gasteiger partial charge in [-0.25, -0.2) is 9.78 Å². The van der Waals surface area contributed by atoms with Crippen molar-refractivity contribution in [2.45, 2.75) is 97.5 Å². The van der Waals surface area contributed by atoms with Crippen molar-refractivity contribution in [1.29, 1.82) is 0 Å². The van der Waals surface area contributed by atoms with E-state index in [1.54, 1.807) is 25.3 Å². The summed E-state index contributed by atoms with van der Waals surface area (Å²) in [5.41, 5.74) is 5.14. The van der Waals surface area contributed by atoms with E-state index in [-0.39, 0.29) is 25.3 Å². The van der Waals surface area contributed by atoms with Crippen LogP contribution in [0.3, 0.4) is 0 Å². The number of nitrogens with zero attached hydrogens (tertiary/aromatic N) is 4. The van der Waals surface area contributed by atoms with Crippen molar-refractivity contribution in [3.8, 4) is 17.4 Å². The zero-order valence-electron chi connectivity index (χ0n) is 28.3. The van der Waals surface area contributed by atoms with Crippen LogP contribution in [0.25, 0.3) is 21.7 Å². The van der Waals surface area contributed by atoms with Crippen LogP contribution in [-0.2, 0) is 19.2 Å². The van der Waals surface area contributed by atoms with Crippen LogP contribution in [0.2, 0.25) is 0 Å². The van der Waals surface area contributed by atoms with Crippen LogP contribution in [0.4, 0.5) is 4.79 Å². The predicted molar refractivity (Wildman–Crippen MR) is 181 cm³/mol. The molecule has 0 aromatic carbocycles. The number of carbonyl (C=O) groups is 5. The number of urea groups is 1. The Balaban J connectivity index is 1.69. The smallest absolute Gasteiger partial charge is 0.315 e. The zero-order chi connectivity index (χ0) is 35.4. The zero-order valence-corrected chi connectivity index (χ0v) is 29.1. The summed E-state index contributed by atoms with van der Waals surface area (Å²) >= 11 is 1.39. The molecule has 258 valence electrons. The van der Waals surface area contributed by atoms with Crippen LogP contribution in [0.5, 0.6) is 5.88 Å². The van der Waals surface area contributed by atoms with Crippen LogP contribution in [-0.4, -0.2) is 85.7 Å². The van der Waals surface area contributed by atoms with Gasteiger partial charge < -0.3 is 31.3 Å². The molecule has 0 aliphatic carbocycles. The molecule has 5 amide bonds. The van der Waals surface area contributed by atoms with E-state index in [1.165, 1.54) is 16.2 Å². The summed E-state index contributed by atoms with van der Waals surface area (Å²) in [7, 11) is 0. The summed E-state index contributed by atoms with van der Waals surface area (Å²) in [6.07, 6.45) is 1.65. The first-order chi connectivity index (χ1) is 22.5. The van der Waals surface area contributed by atoms with Gasteiger partial charge in [-0.3, -0.25) is 24.2 Å². The molecule has 0 saturated carbocycles. The Morgan fingerprint density at radius 1 is 1.06 bits per heavy atom. The molecular formula is C33H44N8O6S. The SMILES string of the molecule is CCC[C@H](NC(=O)[C@@H]1C[C@@H](Oc2nc(-c3ccccn3)nc3ccsc23)CN1C(=O)[C@@H](NC(=O)NC(C)(C)C)C(C)(C)C)C(=O)C(N)=O. The number of aromatic nitrogens is 3. The Labute approximate surface area is 283 Å². The van der Waals surface area contributed by atoms with Crippen LogP contribution in [0, 0.1) is 5.41 Å². The fraction of sp³-hybridized carbons (Fsp3) is 0.515. The molecule has 0 radical (unpaired) electrons. The van der Waals surface area contributed by atoms with Gasteiger partial charge in [-0.1, -0.05) is 40.2 Å². The third-order valence-corrected chi connectivity index (χ3v) is 8.51. The minimum absolute atomic E-state index is 0.0237. The lowest BCUT2D eigenvalue weighted by Gasteiger charge is -2.36. The van der Waals surface area contributed by atoms with E-state index in [9.17, 15) is 24.0 Å². The van der Waals surface area contributed by atoms with Crippen LogP contribution >= 0.6 is 11.3 Å². The molecule has 3 aromatic heterocycles. The number of fused-ring (bicyclic) bond motifs is 1. The van der Waals surface area contributed by atoms with E-state index < -0.39 is 64.7 Å². The van der Waals surface area contributed by atoms with E-state index in [4.69, 9.17) is 10.5 Å². The van der Waals surface area contributed by atoms with Gasteiger partial charge >= 0.3 is 6.03 Å². The number of hydrogen-bond acceptors (Lipinski definition) is 10. The summed E-state index contributed by atoms with van der Waals surface area (Å²) in [5, 5.41) is 10.1. The van der Waals surface area contributed by atoms with Crippen LogP contribution < -0.4 is 26.4 Å². The van der Waals surface area contributed by atoms with Crippen molar-refractivity contribution in [3.63, 3.8) is 0 Å². The first kappa shape index (κ1) is 36.2. The molecule has 1 aliphatic rings. The minimum Gasteiger partial charge on any atom is -0.471 e. The molecule has 14 nitrogen and oxygen atoms in total. The Hall–Kier alpha value is -4.66. The number of rotatable bonds is 11. The Morgan fingerprint density at radius 3 is 2.40 bits per heavy atom. The summed E-state index contributed by atoms with van der Waals surface area (Å²) in [4.78, 5) is 80.5. The molecule has 5 N–H and O–H groups in total. The van der Waals surface area contributed by atoms with Crippen LogP contribution in [0.15, 0.2) is 35.8 Å². The molecule has 4 rings (SSSR count). The van der Waals surface area contributed by atoms with Gasteiger partial charge in [0.2, 0.25) is 23.5 Å². The average Bonchev–Trinajstić information content (AvgIpc) is 3.65. The number of Topliss-reactive ketones (excluding diaryl/α,β-unsaturated/α-hetero) is 1. The van der Waals surface area contributed by atoms with Crippen molar-refractivity contribution in [1.82, 2.24) is 35.8 Å². The molecular weight excluding hydrogens is 636 g/mol. The van der Waals surface area contributed by atoms with Crippen molar-refractivity contribution < 1.29 is 28.7 Å². The Kier molecular flexibility index (Phi) is 11.0. The predicted octanol–water partition coefficient (Wildman–Crippen LogP) is 2.95. The number of nitrogens with one attached hydrogen (secondary N) is 3. The second-order valence-corrected chi connectivity index (χ2v) is 14.8. The summed E-state index contributed by atoms with van der Waals surface area (Å²) < 4.78 is 7.12. The standard InChI is InChI=1S/C33H44N8O6S/c1-8-11-19(23(42)26(34)43)37-28(44)22-16-18(17-41(22)30(45)25(32(2,3)4)38-31(46)40-33(5,6)7)47-29-24-20(13-15-48-24)36-27(39-29)21-12-9-10-14-35-21/h9-10,12-15,18-19,22,25H,8,11,16-17H2,1-7H3,(H2,34,43)(H,37,44)(H2,38,40,46)/t18-,19+,22+,25-/m1/s1. The van der Waals surface area contributed by atoms with Crippen molar-refractivity contribution in [3.05, 3.63) is 35.8 Å². The Bertz CT molecular complexity index is 1670. The Morgan fingerprint density at radius 2 is 1.79 bits per heavy atom. The van der Waals surface area contributed by atoms with Gasteiger partial charge in [0, 0.05) is 18.2 Å². The van der Waals surface area contributed by atoms with Crippen molar-refractivity contribution in [2.24, 2.45) is 11.1 Å². The van der Waals surface area contributed by atoms with Gasteiger partial charge in [0.25, 0.3) is 5.91 Å². The number of nitrogens with two attached hydrogens (primary N) is 1. The first-order valence-electron chi connectivity index (χ1n) is 15.8. The lowest BCUT2D eigenvalue weighted by atomic mass is 9.85. The fourth-order valence-electron chi connectivity index (χ4n) is 5.38. The van der Waals surface area contributed by atoms with E-state index in [2.05, 4.69) is 30.9 Å². The molecule has 4 heterocycles. The second-order valence-electron chi connectivity index (χ2n) is 13.9. The van der Waals surface area contributed by atoms with E-state index in [0.717, 1.165) is 0 Å². The van der Waals surface area contributed by atoms with Gasteiger partial charge in [0.05, 0.1) is 18.1 Å². The number of primary amides is 1. The lowest BCUT2D eigenvalue weighted by molar-refractivity contribution is -0.143. The molecule has 0 unspecified atom stereocenters. The maximum absolute atomic E-state index is 14.3. The lowest BCUT2D eigenvalue weighted by Crippen LogP contribution is -2.61. The second kappa shape index (κ2) is 14.6. The maximum atomic E-state index is 14.3. The summed E-state index contributed by atoms with van der Waals surface area (Å²) in [6, 6.07) is 3.40. The number of thiophene rings is 1. The van der Waals surface area contributed by atoms with Gasteiger partial charge in [0.15, 0.2) is 5.82 Å².